The number of rotatable bonds is 6. The van der Waals surface area contributed by atoms with Gasteiger partial charge in [-0.05, 0) is 72.9 Å². The molecule has 0 unspecified atom stereocenters. The summed E-state index contributed by atoms with van der Waals surface area (Å²) in [6, 6.07) is 8.07. The number of benzene rings is 2. The van der Waals surface area contributed by atoms with E-state index >= 15 is 0 Å². The van der Waals surface area contributed by atoms with E-state index in [1.807, 2.05) is 52.0 Å². The Balaban J connectivity index is 2.39. The van der Waals surface area contributed by atoms with Gasteiger partial charge in [-0.15, -0.1) is 0 Å². The maximum absolute atomic E-state index is 12.8. The monoisotopic (exact) mass is 366 g/mol. The van der Waals surface area contributed by atoms with E-state index in [0.717, 1.165) is 47.9 Å². The minimum atomic E-state index is -0.557. The lowest BCUT2D eigenvalue weighted by Crippen LogP contribution is -2.18. The second kappa shape index (κ2) is 8.98. The number of hydrogen-bond donors (Lipinski definition) is 0. The van der Waals surface area contributed by atoms with E-state index in [2.05, 4.69) is 13.8 Å². The van der Waals surface area contributed by atoms with Crippen LogP contribution in [0, 0.1) is 13.8 Å². The Morgan fingerprint density at radius 2 is 1.04 bits per heavy atom. The molecule has 0 aromatic heterocycles. The summed E-state index contributed by atoms with van der Waals surface area (Å²) in [7, 11) is 0. The SMILES string of the molecule is CCc1cc(C)c(C(=O)OC(=O)c2c(C)cc(CC)cc2CC)c(CC)c1. The van der Waals surface area contributed by atoms with Crippen molar-refractivity contribution in [3.05, 3.63) is 68.8 Å². The van der Waals surface area contributed by atoms with Crippen molar-refractivity contribution in [3.8, 4) is 0 Å². The molecule has 0 spiro atoms. The normalized spacial score (nSPS) is 10.7. The molecule has 2 rings (SSSR count). The van der Waals surface area contributed by atoms with Crippen molar-refractivity contribution in [2.75, 3.05) is 0 Å². The van der Waals surface area contributed by atoms with Gasteiger partial charge in [-0.2, -0.15) is 0 Å². The summed E-state index contributed by atoms with van der Waals surface area (Å²) in [5, 5.41) is 0. The standard InChI is InChI=1S/C24H30O3/c1-7-17-11-15(5)21(19(9-3)13-17)23(25)27-24(26)22-16(6)12-18(8-2)14-20(22)10-4/h11-14H,7-10H2,1-6H3. The lowest BCUT2D eigenvalue weighted by molar-refractivity contribution is 0.0395. The number of esters is 2. The first kappa shape index (κ1) is 20.9. The predicted octanol–water partition coefficient (Wildman–Crippen LogP) is 5.55. The van der Waals surface area contributed by atoms with Crippen molar-refractivity contribution < 1.29 is 14.3 Å². The zero-order chi connectivity index (χ0) is 20.1. The third-order valence-corrected chi connectivity index (χ3v) is 5.13. The van der Waals surface area contributed by atoms with Crippen molar-refractivity contribution in [2.45, 2.75) is 67.2 Å². The number of hydrogen-bond acceptors (Lipinski definition) is 3. The molecule has 0 saturated heterocycles. The summed E-state index contributed by atoms with van der Waals surface area (Å²) >= 11 is 0. The zero-order valence-corrected chi connectivity index (χ0v) is 17.4. The van der Waals surface area contributed by atoms with Crippen LogP contribution in [0.2, 0.25) is 0 Å². The summed E-state index contributed by atoms with van der Waals surface area (Å²) in [5.74, 6) is -1.11. The Morgan fingerprint density at radius 3 is 1.33 bits per heavy atom. The van der Waals surface area contributed by atoms with E-state index in [1.54, 1.807) is 0 Å². The molecular weight excluding hydrogens is 336 g/mol. The van der Waals surface area contributed by atoms with Crippen LogP contribution in [0.3, 0.4) is 0 Å². The van der Waals surface area contributed by atoms with Crippen molar-refractivity contribution in [1.29, 1.82) is 0 Å². The largest absolute Gasteiger partial charge is 0.386 e. The van der Waals surface area contributed by atoms with Gasteiger partial charge in [-0.1, -0.05) is 52.0 Å². The van der Waals surface area contributed by atoms with Crippen LogP contribution in [0.1, 0.15) is 81.8 Å². The number of carbonyl (C=O) groups is 2. The quantitative estimate of drug-likeness (QED) is 0.497. The molecule has 3 nitrogen and oxygen atoms in total. The molecule has 0 aliphatic heterocycles. The van der Waals surface area contributed by atoms with Gasteiger partial charge in [0.05, 0.1) is 11.1 Å². The third-order valence-electron chi connectivity index (χ3n) is 5.13. The predicted molar refractivity (Wildman–Crippen MR) is 110 cm³/mol. The van der Waals surface area contributed by atoms with Crippen LogP contribution in [0.25, 0.3) is 0 Å². The topological polar surface area (TPSA) is 43.4 Å². The molecule has 0 radical (unpaired) electrons. The van der Waals surface area contributed by atoms with Gasteiger partial charge in [0.1, 0.15) is 0 Å². The third kappa shape index (κ3) is 4.47. The van der Waals surface area contributed by atoms with Gasteiger partial charge in [-0.3, -0.25) is 0 Å². The molecule has 2 aromatic carbocycles. The van der Waals surface area contributed by atoms with Crippen LogP contribution in [0.15, 0.2) is 24.3 Å². The van der Waals surface area contributed by atoms with Crippen molar-refractivity contribution in [3.63, 3.8) is 0 Å². The van der Waals surface area contributed by atoms with Gasteiger partial charge >= 0.3 is 11.9 Å². The second-order valence-electron chi connectivity index (χ2n) is 6.98. The molecule has 27 heavy (non-hydrogen) atoms. The van der Waals surface area contributed by atoms with Gasteiger partial charge < -0.3 is 4.74 Å². The van der Waals surface area contributed by atoms with E-state index in [9.17, 15) is 9.59 Å². The Hall–Kier alpha value is -2.42. The first-order chi connectivity index (χ1) is 12.9. The van der Waals surface area contributed by atoms with Crippen molar-refractivity contribution in [2.24, 2.45) is 0 Å². The van der Waals surface area contributed by atoms with Crippen molar-refractivity contribution in [1.82, 2.24) is 0 Å². The van der Waals surface area contributed by atoms with E-state index < -0.39 is 11.9 Å². The molecule has 2 aromatic rings. The van der Waals surface area contributed by atoms with Crippen LogP contribution in [0.4, 0.5) is 0 Å². The highest BCUT2D eigenvalue weighted by Gasteiger charge is 2.23. The number of aryl methyl sites for hydroxylation is 6. The van der Waals surface area contributed by atoms with E-state index in [1.165, 1.54) is 11.1 Å². The smallest absolute Gasteiger partial charge is 0.346 e. The van der Waals surface area contributed by atoms with Gasteiger partial charge in [0.25, 0.3) is 0 Å². The van der Waals surface area contributed by atoms with Crippen molar-refractivity contribution >= 4 is 11.9 Å². The Bertz CT molecular complexity index is 791. The van der Waals surface area contributed by atoms with Crippen LogP contribution in [0.5, 0.6) is 0 Å². The van der Waals surface area contributed by atoms with Gasteiger partial charge in [0.2, 0.25) is 0 Å². The first-order valence-corrected chi connectivity index (χ1v) is 9.87. The average Bonchev–Trinajstić information content (AvgIpc) is 2.65. The highest BCUT2D eigenvalue weighted by molar-refractivity contribution is 6.05. The first-order valence-electron chi connectivity index (χ1n) is 9.87. The molecule has 0 atom stereocenters. The molecule has 0 bridgehead atoms. The van der Waals surface area contributed by atoms with E-state index in [0.29, 0.717) is 11.1 Å². The summed E-state index contributed by atoms with van der Waals surface area (Å²) in [6.45, 7) is 12.0. The molecule has 0 fully saturated rings. The fourth-order valence-electron chi connectivity index (χ4n) is 3.62. The fourth-order valence-corrected chi connectivity index (χ4v) is 3.62. The minimum absolute atomic E-state index is 0.518. The van der Waals surface area contributed by atoms with E-state index in [4.69, 9.17) is 4.74 Å². The maximum atomic E-state index is 12.8. The summed E-state index contributed by atoms with van der Waals surface area (Å²) in [6.07, 6.45) is 3.26. The lowest BCUT2D eigenvalue weighted by Gasteiger charge is -2.15. The molecule has 0 aliphatic carbocycles. The molecule has 0 saturated carbocycles. The molecule has 0 amide bonds. The molecule has 0 aliphatic rings. The van der Waals surface area contributed by atoms with Gasteiger partial charge in [0, 0.05) is 0 Å². The number of ether oxygens (including phenoxy) is 1. The molecular formula is C24H30O3. The lowest BCUT2D eigenvalue weighted by atomic mass is 9.95. The summed E-state index contributed by atoms with van der Waals surface area (Å²) in [4.78, 5) is 25.6. The summed E-state index contributed by atoms with van der Waals surface area (Å²) in [5.41, 5.74) is 6.98. The van der Waals surface area contributed by atoms with Gasteiger partial charge in [-0.25, -0.2) is 9.59 Å². The highest BCUT2D eigenvalue weighted by atomic mass is 16.6. The molecule has 0 N–H and O–H groups in total. The molecule has 3 heteroatoms. The minimum Gasteiger partial charge on any atom is -0.386 e. The van der Waals surface area contributed by atoms with Crippen LogP contribution >= 0.6 is 0 Å². The van der Waals surface area contributed by atoms with Gasteiger partial charge in [0.15, 0.2) is 0 Å². The average molecular weight is 367 g/mol. The summed E-state index contributed by atoms with van der Waals surface area (Å²) < 4.78 is 5.34. The Morgan fingerprint density at radius 1 is 0.667 bits per heavy atom. The molecule has 0 heterocycles. The number of carbonyl (C=O) groups excluding carboxylic acids is 2. The zero-order valence-electron chi connectivity index (χ0n) is 17.4. The molecule has 144 valence electrons. The van der Waals surface area contributed by atoms with Crippen LogP contribution in [-0.2, 0) is 30.4 Å². The highest BCUT2D eigenvalue weighted by Crippen LogP contribution is 2.23. The maximum Gasteiger partial charge on any atom is 0.346 e. The van der Waals surface area contributed by atoms with E-state index in [-0.39, 0.29) is 0 Å². The fraction of sp³-hybridized carbons (Fsp3) is 0.417. The van der Waals surface area contributed by atoms with Crippen LogP contribution in [-0.4, -0.2) is 11.9 Å². The second-order valence-corrected chi connectivity index (χ2v) is 6.98. The Kier molecular flexibility index (Phi) is 6.95. The Labute approximate surface area is 162 Å². The van der Waals surface area contributed by atoms with Crippen LogP contribution < -0.4 is 0 Å².